The molecule has 2 N–H and O–H groups in total. The first-order chi connectivity index (χ1) is 9.08. The number of hydrogen-bond acceptors (Lipinski definition) is 3. The minimum absolute atomic E-state index is 0.111. The molecular weight excluding hydrogens is 310 g/mol. The minimum atomic E-state index is -0.971. The van der Waals surface area contributed by atoms with Gasteiger partial charge in [-0.2, -0.15) is 0 Å². The van der Waals surface area contributed by atoms with Crippen molar-refractivity contribution in [2.24, 2.45) is 0 Å². The Morgan fingerprint density at radius 1 is 1.37 bits per heavy atom. The van der Waals surface area contributed by atoms with Gasteiger partial charge in [0.25, 0.3) is 0 Å². The molecule has 100 valence electrons. The molecule has 4 nitrogen and oxygen atoms in total. The van der Waals surface area contributed by atoms with Crippen LogP contribution in [0.3, 0.4) is 0 Å². The van der Waals surface area contributed by atoms with Crippen LogP contribution in [-0.4, -0.2) is 11.1 Å². The molecule has 0 fully saturated rings. The second kappa shape index (κ2) is 6.04. The van der Waals surface area contributed by atoms with Crippen molar-refractivity contribution in [1.29, 1.82) is 0 Å². The predicted molar refractivity (Wildman–Crippen MR) is 75.1 cm³/mol. The zero-order valence-electron chi connectivity index (χ0n) is 10.4. The molecule has 1 aromatic heterocycles. The van der Waals surface area contributed by atoms with Crippen LogP contribution in [0.2, 0.25) is 0 Å². The van der Waals surface area contributed by atoms with E-state index in [1.165, 1.54) is 12.3 Å². The van der Waals surface area contributed by atoms with Crippen LogP contribution < -0.4 is 5.32 Å². The summed E-state index contributed by atoms with van der Waals surface area (Å²) >= 11 is 3.39. The molecule has 19 heavy (non-hydrogen) atoms. The van der Waals surface area contributed by atoms with E-state index in [9.17, 15) is 4.79 Å². The molecule has 1 heterocycles. The van der Waals surface area contributed by atoms with Gasteiger partial charge in [-0.1, -0.05) is 28.1 Å². The van der Waals surface area contributed by atoms with E-state index in [0.717, 1.165) is 10.0 Å². The number of carboxylic acids is 1. The molecule has 0 aliphatic heterocycles. The van der Waals surface area contributed by atoms with E-state index in [2.05, 4.69) is 21.2 Å². The number of carbonyl (C=O) groups is 1. The van der Waals surface area contributed by atoms with Crippen molar-refractivity contribution in [3.05, 3.63) is 58.0 Å². The van der Waals surface area contributed by atoms with E-state index in [0.29, 0.717) is 12.3 Å². The Hall–Kier alpha value is -1.59. The van der Waals surface area contributed by atoms with Crippen molar-refractivity contribution >= 4 is 21.9 Å². The molecule has 1 atom stereocenters. The molecule has 0 radical (unpaired) electrons. The van der Waals surface area contributed by atoms with Crippen LogP contribution in [0.15, 0.2) is 45.5 Å². The maximum absolute atomic E-state index is 10.9. The largest absolute Gasteiger partial charge is 0.478 e. The minimum Gasteiger partial charge on any atom is -0.478 e. The second-order valence-corrected chi connectivity index (χ2v) is 5.13. The lowest BCUT2D eigenvalue weighted by Gasteiger charge is -2.13. The molecule has 2 rings (SSSR count). The number of nitrogens with one attached hydrogen (secondary N) is 1. The van der Waals surface area contributed by atoms with Gasteiger partial charge >= 0.3 is 5.97 Å². The third kappa shape index (κ3) is 3.45. The summed E-state index contributed by atoms with van der Waals surface area (Å²) in [4.78, 5) is 10.9. The number of hydrogen-bond donors (Lipinski definition) is 2. The Balaban J connectivity index is 2.00. The molecule has 0 spiro atoms. The quantitative estimate of drug-likeness (QED) is 0.882. The van der Waals surface area contributed by atoms with Gasteiger partial charge in [-0.15, -0.1) is 0 Å². The summed E-state index contributed by atoms with van der Waals surface area (Å²) < 4.78 is 6.21. The summed E-state index contributed by atoms with van der Waals surface area (Å²) in [5.41, 5.74) is 1.34. The molecule has 0 saturated heterocycles. The Kier molecular flexibility index (Phi) is 4.39. The van der Waals surface area contributed by atoms with E-state index >= 15 is 0 Å². The van der Waals surface area contributed by atoms with Crippen LogP contribution in [0, 0.1) is 0 Å². The topological polar surface area (TPSA) is 62.5 Å². The summed E-state index contributed by atoms with van der Waals surface area (Å²) in [6.45, 7) is 2.40. The van der Waals surface area contributed by atoms with Gasteiger partial charge in [0.2, 0.25) is 0 Å². The Morgan fingerprint density at radius 2 is 2.05 bits per heavy atom. The van der Waals surface area contributed by atoms with Gasteiger partial charge in [0.15, 0.2) is 0 Å². The maximum Gasteiger partial charge on any atom is 0.339 e. The van der Waals surface area contributed by atoms with E-state index in [1.54, 1.807) is 0 Å². The monoisotopic (exact) mass is 323 g/mol. The first kappa shape index (κ1) is 13.8. The van der Waals surface area contributed by atoms with Crippen LogP contribution >= 0.6 is 15.9 Å². The van der Waals surface area contributed by atoms with Gasteiger partial charge in [-0.25, -0.2) is 4.79 Å². The molecule has 0 aliphatic carbocycles. The number of carboxylic acid groups (broad SMARTS) is 1. The van der Waals surface area contributed by atoms with Crippen LogP contribution in [0.4, 0.5) is 0 Å². The Labute approximate surface area is 119 Å². The highest BCUT2D eigenvalue weighted by Crippen LogP contribution is 2.18. The number of aromatic carboxylic acids is 1. The molecule has 0 bridgehead atoms. The van der Waals surface area contributed by atoms with Crippen LogP contribution in [0.1, 0.15) is 34.6 Å². The standard InChI is InChI=1S/C14H14BrNO3/c1-9(10-2-4-11(15)5-3-10)16-8-13-12(14(17)18)6-7-19-13/h2-7,9,16H,8H2,1H3,(H,17,18). The van der Waals surface area contributed by atoms with Gasteiger partial charge in [0.05, 0.1) is 12.8 Å². The van der Waals surface area contributed by atoms with Crippen LogP contribution in [0.5, 0.6) is 0 Å². The fourth-order valence-corrected chi connectivity index (χ4v) is 2.05. The van der Waals surface area contributed by atoms with E-state index in [4.69, 9.17) is 9.52 Å². The summed E-state index contributed by atoms with van der Waals surface area (Å²) in [7, 11) is 0. The molecule has 0 amide bonds. The SMILES string of the molecule is CC(NCc1occc1C(=O)O)c1ccc(Br)cc1. The number of halogens is 1. The van der Waals surface area contributed by atoms with Crippen LogP contribution in [0.25, 0.3) is 0 Å². The van der Waals surface area contributed by atoms with E-state index in [1.807, 2.05) is 31.2 Å². The first-order valence-corrected chi connectivity index (χ1v) is 6.65. The van der Waals surface area contributed by atoms with Crippen LogP contribution in [-0.2, 0) is 6.54 Å². The summed E-state index contributed by atoms with van der Waals surface area (Å²) in [6.07, 6.45) is 1.39. The Morgan fingerprint density at radius 3 is 2.68 bits per heavy atom. The summed E-state index contributed by atoms with van der Waals surface area (Å²) in [5.74, 6) is -0.529. The number of furan rings is 1. The van der Waals surface area contributed by atoms with Crippen molar-refractivity contribution in [3.63, 3.8) is 0 Å². The fraction of sp³-hybridized carbons (Fsp3) is 0.214. The van der Waals surface area contributed by atoms with Crippen molar-refractivity contribution in [2.45, 2.75) is 19.5 Å². The van der Waals surface area contributed by atoms with Gasteiger partial charge in [0, 0.05) is 10.5 Å². The lowest BCUT2D eigenvalue weighted by Crippen LogP contribution is -2.19. The fourth-order valence-electron chi connectivity index (χ4n) is 1.78. The highest BCUT2D eigenvalue weighted by Gasteiger charge is 2.14. The molecule has 0 aliphatic rings. The van der Waals surface area contributed by atoms with Gasteiger partial charge in [-0.05, 0) is 30.7 Å². The highest BCUT2D eigenvalue weighted by molar-refractivity contribution is 9.10. The number of rotatable bonds is 5. The lowest BCUT2D eigenvalue weighted by molar-refractivity contribution is 0.0694. The third-order valence-corrected chi connectivity index (χ3v) is 3.44. The van der Waals surface area contributed by atoms with Gasteiger partial charge in [-0.3, -0.25) is 0 Å². The Bertz CT molecular complexity index is 562. The van der Waals surface area contributed by atoms with Crippen molar-refractivity contribution in [2.75, 3.05) is 0 Å². The zero-order chi connectivity index (χ0) is 13.8. The van der Waals surface area contributed by atoms with E-state index < -0.39 is 5.97 Å². The second-order valence-electron chi connectivity index (χ2n) is 4.22. The first-order valence-electron chi connectivity index (χ1n) is 5.86. The van der Waals surface area contributed by atoms with Gasteiger partial charge < -0.3 is 14.8 Å². The molecular formula is C14H14BrNO3. The van der Waals surface area contributed by atoms with E-state index in [-0.39, 0.29) is 11.6 Å². The lowest BCUT2D eigenvalue weighted by atomic mass is 10.1. The smallest absolute Gasteiger partial charge is 0.339 e. The normalized spacial score (nSPS) is 12.3. The summed E-state index contributed by atoms with van der Waals surface area (Å²) in [5, 5.41) is 12.2. The summed E-state index contributed by atoms with van der Waals surface area (Å²) in [6, 6.07) is 9.56. The number of benzene rings is 1. The molecule has 2 aromatic rings. The van der Waals surface area contributed by atoms with Crippen molar-refractivity contribution in [3.8, 4) is 0 Å². The molecule has 5 heteroatoms. The molecule has 1 aromatic carbocycles. The highest BCUT2D eigenvalue weighted by atomic mass is 79.9. The maximum atomic E-state index is 10.9. The van der Waals surface area contributed by atoms with Crippen molar-refractivity contribution < 1.29 is 14.3 Å². The zero-order valence-corrected chi connectivity index (χ0v) is 12.0. The predicted octanol–water partition coefficient (Wildman–Crippen LogP) is 3.59. The average Bonchev–Trinajstić information content (AvgIpc) is 2.85. The van der Waals surface area contributed by atoms with Gasteiger partial charge in [0.1, 0.15) is 11.3 Å². The molecule has 0 saturated carbocycles. The van der Waals surface area contributed by atoms with Crippen molar-refractivity contribution in [1.82, 2.24) is 5.32 Å². The molecule has 1 unspecified atom stereocenters. The average molecular weight is 324 g/mol. The third-order valence-electron chi connectivity index (χ3n) is 2.91.